The van der Waals surface area contributed by atoms with Crippen LogP contribution in [-0.2, 0) is 23.7 Å². The standard InChI is InChI=1S/C41H66O9/c1-3-5-7-8-9-10-11-12-13-14-15-16-17-18-19-20-21-22-23-24-25-26-27-29-31-47-33-35(49-37(43)30-28-6-4-2)34-48-41-40(46)39(45)38(44)36(32-42)50-41/h5,7,9-10,12-13,15-16,18-19,21-22,24-25,35-36,38-42,44-46H,3-4,6,8,11,14,17,20,23,26-34H2,1-2H3/b7-5-,10-9-,13-12-,16-15-,19-18-,22-21-,25-24-. The van der Waals surface area contributed by atoms with E-state index in [4.69, 9.17) is 18.9 Å². The van der Waals surface area contributed by atoms with E-state index >= 15 is 0 Å². The van der Waals surface area contributed by atoms with Gasteiger partial charge in [0.15, 0.2) is 6.29 Å². The number of aliphatic hydroxyl groups excluding tert-OH is 4. The number of carbonyl (C=O) groups is 1. The van der Waals surface area contributed by atoms with Gasteiger partial charge in [-0.3, -0.25) is 4.79 Å². The molecule has 9 nitrogen and oxygen atoms in total. The maximum atomic E-state index is 12.3. The second-order valence-electron chi connectivity index (χ2n) is 12.3. The van der Waals surface area contributed by atoms with E-state index < -0.39 is 43.4 Å². The summed E-state index contributed by atoms with van der Waals surface area (Å²) in [7, 11) is 0. The van der Waals surface area contributed by atoms with Gasteiger partial charge < -0.3 is 39.4 Å². The number of hydrogen-bond donors (Lipinski definition) is 4. The Labute approximate surface area is 301 Å². The Kier molecular flexibility index (Phi) is 29.3. The highest BCUT2D eigenvalue weighted by atomic mass is 16.7. The van der Waals surface area contributed by atoms with Crippen LogP contribution in [0, 0.1) is 0 Å². The number of esters is 1. The third-order valence-corrected chi connectivity index (χ3v) is 7.83. The second kappa shape index (κ2) is 32.3. The van der Waals surface area contributed by atoms with Crippen molar-refractivity contribution in [2.75, 3.05) is 26.4 Å². The fraction of sp³-hybridized carbons (Fsp3) is 0.634. The maximum Gasteiger partial charge on any atom is 0.306 e. The average Bonchev–Trinajstić information content (AvgIpc) is 3.11. The van der Waals surface area contributed by atoms with Crippen LogP contribution in [0.15, 0.2) is 85.1 Å². The largest absolute Gasteiger partial charge is 0.457 e. The lowest BCUT2D eigenvalue weighted by atomic mass is 9.99. The number of carbonyl (C=O) groups excluding carboxylic acids is 1. The first-order chi connectivity index (χ1) is 24.4. The van der Waals surface area contributed by atoms with Crippen LogP contribution in [0.5, 0.6) is 0 Å². The summed E-state index contributed by atoms with van der Waals surface area (Å²) in [6, 6.07) is 0. The van der Waals surface area contributed by atoms with E-state index in [1.807, 2.05) is 0 Å². The first-order valence-corrected chi connectivity index (χ1v) is 18.7. The minimum absolute atomic E-state index is 0.107. The predicted octanol–water partition coefficient (Wildman–Crippen LogP) is 7.13. The van der Waals surface area contributed by atoms with Gasteiger partial charge in [-0.15, -0.1) is 0 Å². The summed E-state index contributed by atoms with van der Waals surface area (Å²) < 4.78 is 22.3. The van der Waals surface area contributed by atoms with Gasteiger partial charge in [0.05, 0.1) is 19.8 Å². The molecule has 0 radical (unpaired) electrons. The molecule has 1 fully saturated rings. The lowest BCUT2D eigenvalue weighted by Gasteiger charge is -2.39. The van der Waals surface area contributed by atoms with Crippen molar-refractivity contribution >= 4 is 5.97 Å². The molecule has 1 aliphatic heterocycles. The summed E-state index contributed by atoms with van der Waals surface area (Å²) in [5.74, 6) is -0.360. The summed E-state index contributed by atoms with van der Waals surface area (Å²) in [5.41, 5.74) is 0. The highest BCUT2D eigenvalue weighted by molar-refractivity contribution is 5.69. The Hall–Kier alpha value is -2.63. The zero-order valence-electron chi connectivity index (χ0n) is 30.6. The van der Waals surface area contributed by atoms with Crippen LogP contribution >= 0.6 is 0 Å². The van der Waals surface area contributed by atoms with Crippen LogP contribution < -0.4 is 0 Å². The highest BCUT2D eigenvalue weighted by Crippen LogP contribution is 2.22. The van der Waals surface area contributed by atoms with Gasteiger partial charge in [-0.25, -0.2) is 0 Å². The van der Waals surface area contributed by atoms with E-state index in [0.717, 1.165) is 83.5 Å². The molecule has 4 N–H and O–H groups in total. The monoisotopic (exact) mass is 702 g/mol. The molecule has 0 spiro atoms. The molecule has 6 unspecified atom stereocenters. The molecule has 9 heteroatoms. The quantitative estimate of drug-likeness (QED) is 0.0365. The molecule has 1 heterocycles. The third kappa shape index (κ3) is 23.7. The molecule has 0 aromatic rings. The average molecular weight is 703 g/mol. The van der Waals surface area contributed by atoms with E-state index in [-0.39, 0.29) is 25.6 Å². The molecule has 0 amide bonds. The van der Waals surface area contributed by atoms with Gasteiger partial charge in [-0.05, 0) is 70.6 Å². The molecule has 0 aromatic heterocycles. The van der Waals surface area contributed by atoms with E-state index in [9.17, 15) is 25.2 Å². The fourth-order valence-electron chi connectivity index (χ4n) is 4.88. The van der Waals surface area contributed by atoms with Gasteiger partial charge in [0.25, 0.3) is 0 Å². The summed E-state index contributed by atoms with van der Waals surface area (Å²) >= 11 is 0. The van der Waals surface area contributed by atoms with Gasteiger partial charge in [0.2, 0.25) is 0 Å². The second-order valence-corrected chi connectivity index (χ2v) is 12.3. The lowest BCUT2D eigenvalue weighted by Crippen LogP contribution is -2.59. The van der Waals surface area contributed by atoms with Gasteiger partial charge in [-0.1, -0.05) is 112 Å². The van der Waals surface area contributed by atoms with E-state index in [2.05, 4.69) is 98.9 Å². The number of hydrogen-bond acceptors (Lipinski definition) is 9. The van der Waals surface area contributed by atoms with Crippen LogP contribution in [0.3, 0.4) is 0 Å². The van der Waals surface area contributed by atoms with E-state index in [0.29, 0.717) is 6.61 Å². The van der Waals surface area contributed by atoms with Crippen molar-refractivity contribution < 1.29 is 44.2 Å². The molecule has 50 heavy (non-hydrogen) atoms. The Morgan fingerprint density at radius 1 is 0.660 bits per heavy atom. The number of allylic oxidation sites excluding steroid dienone is 14. The van der Waals surface area contributed by atoms with Crippen molar-refractivity contribution in [1.82, 2.24) is 0 Å². The Morgan fingerprint density at radius 2 is 1.20 bits per heavy atom. The first kappa shape index (κ1) is 45.4. The van der Waals surface area contributed by atoms with Gasteiger partial charge >= 0.3 is 5.97 Å². The zero-order valence-corrected chi connectivity index (χ0v) is 30.6. The van der Waals surface area contributed by atoms with Crippen molar-refractivity contribution in [1.29, 1.82) is 0 Å². The Morgan fingerprint density at radius 3 is 1.72 bits per heavy atom. The summed E-state index contributed by atoms with van der Waals surface area (Å²) in [6.07, 6.45) is 35.6. The van der Waals surface area contributed by atoms with Crippen molar-refractivity contribution in [3.8, 4) is 0 Å². The van der Waals surface area contributed by atoms with Crippen molar-refractivity contribution in [2.45, 2.75) is 141 Å². The Bertz CT molecular complexity index is 1030. The zero-order chi connectivity index (χ0) is 36.5. The first-order valence-electron chi connectivity index (χ1n) is 18.7. The predicted molar refractivity (Wildman–Crippen MR) is 200 cm³/mol. The smallest absolute Gasteiger partial charge is 0.306 e. The van der Waals surface area contributed by atoms with Crippen LogP contribution in [0.25, 0.3) is 0 Å². The lowest BCUT2D eigenvalue weighted by molar-refractivity contribution is -0.305. The SMILES string of the molecule is CC/C=C\C/C=C\C/C=C\C/C=C\C/C=C\C/C=C\C/C=C\CCCCOCC(COC1OC(CO)C(O)C(O)C1O)OC(=O)CCCCC. The van der Waals surface area contributed by atoms with Crippen molar-refractivity contribution in [3.05, 3.63) is 85.1 Å². The van der Waals surface area contributed by atoms with Crippen molar-refractivity contribution in [2.24, 2.45) is 0 Å². The van der Waals surface area contributed by atoms with Gasteiger partial charge in [0.1, 0.15) is 30.5 Å². The van der Waals surface area contributed by atoms with Crippen LogP contribution in [0.2, 0.25) is 0 Å². The molecular formula is C41H66O9. The van der Waals surface area contributed by atoms with Crippen LogP contribution in [0.1, 0.15) is 104 Å². The topological polar surface area (TPSA) is 135 Å². The molecule has 284 valence electrons. The van der Waals surface area contributed by atoms with Crippen LogP contribution in [0.4, 0.5) is 0 Å². The summed E-state index contributed by atoms with van der Waals surface area (Å²) in [6.45, 7) is 4.11. The number of unbranched alkanes of at least 4 members (excludes halogenated alkanes) is 4. The number of ether oxygens (including phenoxy) is 4. The van der Waals surface area contributed by atoms with Crippen LogP contribution in [-0.4, -0.2) is 89.6 Å². The third-order valence-electron chi connectivity index (χ3n) is 7.83. The van der Waals surface area contributed by atoms with Gasteiger partial charge in [-0.2, -0.15) is 0 Å². The fourth-order valence-corrected chi connectivity index (χ4v) is 4.88. The molecule has 6 atom stereocenters. The molecular weight excluding hydrogens is 636 g/mol. The molecule has 0 aliphatic carbocycles. The minimum Gasteiger partial charge on any atom is -0.457 e. The molecule has 1 aliphatic rings. The number of rotatable bonds is 29. The number of aliphatic hydroxyl groups is 4. The van der Waals surface area contributed by atoms with E-state index in [1.165, 1.54) is 0 Å². The molecule has 1 saturated heterocycles. The molecule has 0 bridgehead atoms. The molecule has 1 rings (SSSR count). The highest BCUT2D eigenvalue weighted by Gasteiger charge is 2.44. The minimum atomic E-state index is -1.54. The Balaban J connectivity index is 2.21. The maximum absolute atomic E-state index is 12.3. The van der Waals surface area contributed by atoms with E-state index in [1.54, 1.807) is 0 Å². The van der Waals surface area contributed by atoms with Gasteiger partial charge in [0, 0.05) is 13.0 Å². The summed E-state index contributed by atoms with van der Waals surface area (Å²) in [4.78, 5) is 12.3. The summed E-state index contributed by atoms with van der Waals surface area (Å²) in [5, 5.41) is 39.6. The molecule has 0 aromatic carbocycles. The molecule has 0 saturated carbocycles. The normalized spacial score (nSPS) is 22.6. The van der Waals surface area contributed by atoms with Crippen molar-refractivity contribution in [3.63, 3.8) is 0 Å².